The Morgan fingerprint density at radius 3 is 2.67 bits per heavy atom. The van der Waals surface area contributed by atoms with E-state index in [0.717, 1.165) is 31.2 Å². The van der Waals surface area contributed by atoms with E-state index in [9.17, 15) is 0 Å². The molecule has 1 aromatic heterocycles. The number of likely N-dealkylation sites (tertiary alicyclic amines) is 1. The van der Waals surface area contributed by atoms with Crippen molar-refractivity contribution in [3.63, 3.8) is 0 Å². The Kier molecular flexibility index (Phi) is 9.83. The van der Waals surface area contributed by atoms with Gasteiger partial charge in [0.15, 0.2) is 5.96 Å². The van der Waals surface area contributed by atoms with E-state index < -0.39 is 0 Å². The van der Waals surface area contributed by atoms with Crippen LogP contribution in [-0.4, -0.2) is 59.3 Å². The molecule has 0 radical (unpaired) electrons. The van der Waals surface area contributed by atoms with Crippen LogP contribution in [0.1, 0.15) is 33.6 Å². The molecule has 3 rings (SSSR count). The Labute approximate surface area is 201 Å². The first-order chi connectivity index (χ1) is 14.0. The predicted molar refractivity (Wildman–Crippen MR) is 133 cm³/mol. The zero-order chi connectivity index (χ0) is 20.8. The van der Waals surface area contributed by atoms with E-state index in [1.807, 2.05) is 24.3 Å². The smallest absolute Gasteiger partial charge is 0.228 e. The third kappa shape index (κ3) is 6.81. The molecule has 2 aromatic rings. The van der Waals surface area contributed by atoms with Crippen molar-refractivity contribution in [3.05, 3.63) is 35.2 Å². The van der Waals surface area contributed by atoms with E-state index in [2.05, 4.69) is 53.4 Å². The average Bonchev–Trinajstić information content (AvgIpc) is 3.30. The van der Waals surface area contributed by atoms with Gasteiger partial charge in [-0.3, -0.25) is 9.89 Å². The average molecular weight is 547 g/mol. The van der Waals surface area contributed by atoms with E-state index in [1.165, 1.54) is 0 Å². The van der Waals surface area contributed by atoms with Gasteiger partial charge in [0, 0.05) is 48.7 Å². The maximum absolute atomic E-state index is 5.93. The van der Waals surface area contributed by atoms with Crippen molar-refractivity contribution >= 4 is 41.5 Å². The van der Waals surface area contributed by atoms with Crippen LogP contribution in [0.15, 0.2) is 33.8 Å². The molecule has 0 aliphatic carbocycles. The highest BCUT2D eigenvalue weighted by Gasteiger charge is 2.31. The zero-order valence-electron chi connectivity index (χ0n) is 18.1. The lowest BCUT2D eigenvalue weighted by Crippen LogP contribution is -2.47. The third-order valence-corrected chi connectivity index (χ3v) is 5.46. The first-order valence-corrected chi connectivity index (χ1v) is 10.7. The number of hydrogen-bond acceptors (Lipinski definition) is 5. The summed E-state index contributed by atoms with van der Waals surface area (Å²) in [6.07, 6.45) is 0.593. The van der Waals surface area contributed by atoms with E-state index in [4.69, 9.17) is 21.1 Å². The molecule has 0 bridgehead atoms. The lowest BCUT2D eigenvalue weighted by Gasteiger charge is -2.21. The molecule has 9 heteroatoms. The molecule has 30 heavy (non-hydrogen) atoms. The molecule has 166 valence electrons. The van der Waals surface area contributed by atoms with Crippen LogP contribution in [0, 0.1) is 5.92 Å². The van der Waals surface area contributed by atoms with Crippen LogP contribution in [-0.2, 0) is 6.42 Å². The summed E-state index contributed by atoms with van der Waals surface area (Å²) in [5.74, 6) is 2.57. The molecule has 2 heterocycles. The summed E-state index contributed by atoms with van der Waals surface area (Å²) >= 11 is 5.93. The van der Waals surface area contributed by atoms with Gasteiger partial charge in [-0.1, -0.05) is 23.7 Å². The first-order valence-electron chi connectivity index (χ1n) is 10.3. The minimum absolute atomic E-state index is 0. The second-order valence-electron chi connectivity index (χ2n) is 7.81. The maximum Gasteiger partial charge on any atom is 0.228 e. The standard InChI is InChI=1S/C21H31ClN6O.HI/c1-5-23-21(25-18-13-28(14(2)3)12-15(18)4)24-11-10-19-26-20(27-29-19)16-6-8-17(22)9-7-16;/h6-9,14-15,18H,5,10-13H2,1-4H3,(H2,23,24,25);1H. The lowest BCUT2D eigenvalue weighted by molar-refractivity contribution is 0.265. The fourth-order valence-electron chi connectivity index (χ4n) is 3.45. The topological polar surface area (TPSA) is 78.6 Å². The van der Waals surface area contributed by atoms with Crippen LogP contribution in [0.5, 0.6) is 0 Å². The largest absolute Gasteiger partial charge is 0.357 e. The maximum atomic E-state index is 5.93. The van der Waals surface area contributed by atoms with Gasteiger partial charge in [-0.2, -0.15) is 4.98 Å². The van der Waals surface area contributed by atoms with E-state index in [0.29, 0.717) is 47.7 Å². The summed E-state index contributed by atoms with van der Waals surface area (Å²) in [6, 6.07) is 8.36. The number of nitrogens with zero attached hydrogens (tertiary/aromatic N) is 4. The number of aliphatic imine (C=N–C) groups is 1. The molecular weight excluding hydrogens is 515 g/mol. The quantitative estimate of drug-likeness (QED) is 0.312. The van der Waals surface area contributed by atoms with Crippen LogP contribution in [0.25, 0.3) is 11.4 Å². The van der Waals surface area contributed by atoms with Crippen LogP contribution in [0.4, 0.5) is 0 Å². The fourth-order valence-corrected chi connectivity index (χ4v) is 3.57. The fraction of sp³-hybridized carbons (Fsp3) is 0.571. The van der Waals surface area contributed by atoms with E-state index in [1.54, 1.807) is 0 Å². The van der Waals surface area contributed by atoms with Crippen LogP contribution in [0.3, 0.4) is 0 Å². The Balaban J connectivity index is 0.00000320. The van der Waals surface area contributed by atoms with Gasteiger partial charge in [0.1, 0.15) is 0 Å². The molecule has 2 N–H and O–H groups in total. The molecule has 0 saturated carbocycles. The molecule has 7 nitrogen and oxygen atoms in total. The molecule has 1 aliphatic rings. The van der Waals surface area contributed by atoms with Crippen LogP contribution in [0.2, 0.25) is 5.02 Å². The SMILES string of the molecule is CCNC(=NCCc1nc(-c2ccc(Cl)cc2)no1)NC1CN(C(C)C)CC1C.I. The molecule has 2 atom stereocenters. The molecule has 1 aliphatic heterocycles. The van der Waals surface area contributed by atoms with Crippen LogP contribution >= 0.6 is 35.6 Å². The normalized spacial score (nSPS) is 19.7. The number of aromatic nitrogens is 2. The molecule has 1 aromatic carbocycles. The Hall–Kier alpha value is -1.39. The summed E-state index contributed by atoms with van der Waals surface area (Å²) in [5.41, 5.74) is 0.882. The van der Waals surface area contributed by atoms with Gasteiger partial charge in [0.05, 0.1) is 6.54 Å². The van der Waals surface area contributed by atoms with Gasteiger partial charge in [-0.05, 0) is 51.0 Å². The number of nitrogens with one attached hydrogen (secondary N) is 2. The van der Waals surface area contributed by atoms with Crippen molar-refractivity contribution in [3.8, 4) is 11.4 Å². The molecule has 0 spiro atoms. The minimum atomic E-state index is 0. The number of hydrogen-bond donors (Lipinski definition) is 2. The monoisotopic (exact) mass is 546 g/mol. The molecule has 2 unspecified atom stereocenters. The second-order valence-corrected chi connectivity index (χ2v) is 8.24. The second kappa shape index (κ2) is 11.9. The first kappa shape index (κ1) is 24.9. The third-order valence-electron chi connectivity index (χ3n) is 5.20. The summed E-state index contributed by atoms with van der Waals surface area (Å²) in [7, 11) is 0. The van der Waals surface area contributed by atoms with Crippen molar-refractivity contribution in [2.24, 2.45) is 10.9 Å². The molecule has 1 fully saturated rings. The van der Waals surface area contributed by atoms with Crippen molar-refractivity contribution in [2.75, 3.05) is 26.2 Å². The Morgan fingerprint density at radius 2 is 2.03 bits per heavy atom. The Bertz CT molecular complexity index is 810. The van der Waals surface area contributed by atoms with E-state index in [-0.39, 0.29) is 24.0 Å². The van der Waals surface area contributed by atoms with Gasteiger partial charge < -0.3 is 15.2 Å². The van der Waals surface area contributed by atoms with Gasteiger partial charge >= 0.3 is 0 Å². The highest BCUT2D eigenvalue weighted by molar-refractivity contribution is 14.0. The molecule has 1 saturated heterocycles. The number of guanidine groups is 1. The summed E-state index contributed by atoms with van der Waals surface area (Å²) in [6.45, 7) is 12.4. The highest BCUT2D eigenvalue weighted by Crippen LogP contribution is 2.19. The number of halogens is 2. The minimum Gasteiger partial charge on any atom is -0.357 e. The van der Waals surface area contributed by atoms with Gasteiger partial charge in [0.25, 0.3) is 0 Å². The molecular formula is C21H32ClIN6O. The van der Waals surface area contributed by atoms with Crippen molar-refractivity contribution in [1.29, 1.82) is 0 Å². The van der Waals surface area contributed by atoms with Crippen LogP contribution < -0.4 is 10.6 Å². The van der Waals surface area contributed by atoms with Gasteiger partial charge in [-0.15, -0.1) is 24.0 Å². The zero-order valence-corrected chi connectivity index (χ0v) is 21.1. The van der Waals surface area contributed by atoms with Gasteiger partial charge in [0.2, 0.25) is 11.7 Å². The van der Waals surface area contributed by atoms with Crippen molar-refractivity contribution < 1.29 is 4.52 Å². The van der Waals surface area contributed by atoms with Crippen molar-refractivity contribution in [2.45, 2.75) is 46.2 Å². The lowest BCUT2D eigenvalue weighted by atomic mass is 10.1. The summed E-state index contributed by atoms with van der Waals surface area (Å²) in [5, 5.41) is 11.7. The van der Waals surface area contributed by atoms with E-state index >= 15 is 0 Å². The number of benzene rings is 1. The Morgan fingerprint density at radius 1 is 1.30 bits per heavy atom. The number of rotatable bonds is 7. The van der Waals surface area contributed by atoms with Crippen molar-refractivity contribution in [1.82, 2.24) is 25.7 Å². The molecule has 0 amide bonds. The van der Waals surface area contributed by atoms with Gasteiger partial charge in [-0.25, -0.2) is 0 Å². The summed E-state index contributed by atoms with van der Waals surface area (Å²) < 4.78 is 5.37. The highest BCUT2D eigenvalue weighted by atomic mass is 127. The predicted octanol–water partition coefficient (Wildman–Crippen LogP) is 3.83. The summed E-state index contributed by atoms with van der Waals surface area (Å²) in [4.78, 5) is 11.7.